The number of Topliss-reactive ketones (excluding diaryl/α,β-unsaturated/α-hetero) is 1. The van der Waals surface area contributed by atoms with E-state index in [0.717, 1.165) is 25.1 Å². The van der Waals surface area contributed by atoms with Gasteiger partial charge in [0.25, 0.3) is 0 Å². The van der Waals surface area contributed by atoms with Gasteiger partial charge in [0.2, 0.25) is 0 Å². The van der Waals surface area contributed by atoms with Crippen LogP contribution >= 0.6 is 0 Å². The summed E-state index contributed by atoms with van der Waals surface area (Å²) in [4.78, 5) is 14.8. The van der Waals surface area contributed by atoms with Crippen LogP contribution in [0.1, 0.15) is 43.4 Å². The number of nitrogens with zero attached hydrogens (tertiary/aromatic N) is 2. The van der Waals surface area contributed by atoms with Gasteiger partial charge in [-0.05, 0) is 29.9 Å². The first-order valence-corrected chi connectivity index (χ1v) is 8.01. The highest BCUT2D eigenvalue weighted by molar-refractivity contribution is 6.23. The molecule has 2 heterocycles. The van der Waals surface area contributed by atoms with Crippen molar-refractivity contribution in [3.8, 4) is 0 Å². The van der Waals surface area contributed by atoms with Crippen LogP contribution in [-0.2, 0) is 11.2 Å². The molecular formula is C18H20N2O2. The fourth-order valence-electron chi connectivity index (χ4n) is 4.24. The van der Waals surface area contributed by atoms with Crippen molar-refractivity contribution in [3.05, 3.63) is 46.7 Å². The third-order valence-electron chi connectivity index (χ3n) is 5.20. The van der Waals surface area contributed by atoms with Crippen LogP contribution in [0, 0.1) is 5.92 Å². The van der Waals surface area contributed by atoms with Crippen molar-refractivity contribution in [1.82, 2.24) is 4.90 Å². The van der Waals surface area contributed by atoms with Crippen LogP contribution in [0.2, 0.25) is 0 Å². The molecule has 4 heteroatoms. The molecular weight excluding hydrogens is 276 g/mol. The van der Waals surface area contributed by atoms with Crippen molar-refractivity contribution in [2.45, 2.75) is 38.6 Å². The van der Waals surface area contributed by atoms with Gasteiger partial charge in [0.1, 0.15) is 0 Å². The summed E-state index contributed by atoms with van der Waals surface area (Å²) in [5, 5.41) is 12.9. The molecule has 114 valence electrons. The molecule has 4 nitrogen and oxygen atoms in total. The molecule has 0 saturated carbocycles. The van der Waals surface area contributed by atoms with Gasteiger partial charge in [-0.15, -0.1) is 0 Å². The van der Waals surface area contributed by atoms with Gasteiger partial charge >= 0.3 is 0 Å². The van der Waals surface area contributed by atoms with Gasteiger partial charge in [-0.2, -0.15) is 0 Å². The SMILES string of the molecule is C[C@@H]1CC(=O)C2=C(C1)N1CCc3ccccc3C1C/C2=N\O. The molecule has 0 spiro atoms. The highest BCUT2D eigenvalue weighted by Gasteiger charge is 2.41. The van der Waals surface area contributed by atoms with Crippen LogP contribution in [-0.4, -0.2) is 28.1 Å². The molecule has 1 unspecified atom stereocenters. The Kier molecular flexibility index (Phi) is 3.06. The number of allylic oxidation sites excluding steroid dienone is 2. The number of carbonyl (C=O) groups excluding carboxylic acids is 1. The molecule has 0 bridgehead atoms. The van der Waals surface area contributed by atoms with E-state index < -0.39 is 0 Å². The van der Waals surface area contributed by atoms with Crippen LogP contribution in [0.25, 0.3) is 0 Å². The van der Waals surface area contributed by atoms with E-state index in [2.05, 4.69) is 41.2 Å². The van der Waals surface area contributed by atoms with E-state index in [1.54, 1.807) is 0 Å². The maximum Gasteiger partial charge on any atom is 0.166 e. The summed E-state index contributed by atoms with van der Waals surface area (Å²) in [7, 11) is 0. The number of hydrogen-bond donors (Lipinski definition) is 1. The topological polar surface area (TPSA) is 52.9 Å². The van der Waals surface area contributed by atoms with Gasteiger partial charge < -0.3 is 10.1 Å². The van der Waals surface area contributed by atoms with Crippen molar-refractivity contribution in [2.75, 3.05) is 6.54 Å². The summed E-state index contributed by atoms with van der Waals surface area (Å²) < 4.78 is 0. The standard InChI is InChI=1S/C18H20N2O2/c1-11-8-16-18(17(21)9-11)14(19-22)10-15-13-5-3-2-4-12(13)6-7-20(15)16/h2-5,11,15,22H,6-10H2,1H3/b19-14+/t11-,15?/m0/s1. The smallest absolute Gasteiger partial charge is 0.166 e. The Morgan fingerprint density at radius 3 is 2.86 bits per heavy atom. The molecule has 0 saturated heterocycles. The lowest BCUT2D eigenvalue weighted by Crippen LogP contribution is -2.44. The lowest BCUT2D eigenvalue weighted by Gasteiger charge is -2.46. The molecule has 0 fully saturated rings. The normalized spacial score (nSPS) is 29.2. The maximum absolute atomic E-state index is 12.5. The molecule has 0 radical (unpaired) electrons. The minimum atomic E-state index is 0.138. The van der Waals surface area contributed by atoms with Crippen LogP contribution in [0.15, 0.2) is 40.7 Å². The van der Waals surface area contributed by atoms with Crippen molar-refractivity contribution in [3.63, 3.8) is 0 Å². The van der Waals surface area contributed by atoms with Crippen molar-refractivity contribution in [1.29, 1.82) is 0 Å². The van der Waals surface area contributed by atoms with E-state index in [-0.39, 0.29) is 11.8 Å². The van der Waals surface area contributed by atoms with E-state index >= 15 is 0 Å². The van der Waals surface area contributed by atoms with Gasteiger partial charge in [-0.3, -0.25) is 4.79 Å². The summed E-state index contributed by atoms with van der Waals surface area (Å²) in [6.07, 6.45) is 3.09. The quantitative estimate of drug-likeness (QED) is 0.591. The van der Waals surface area contributed by atoms with Crippen molar-refractivity contribution in [2.24, 2.45) is 11.1 Å². The molecule has 1 N–H and O–H groups in total. The van der Waals surface area contributed by atoms with Gasteiger partial charge in [0, 0.05) is 25.1 Å². The fraction of sp³-hybridized carbons (Fsp3) is 0.444. The molecule has 1 aromatic rings. The summed E-state index contributed by atoms with van der Waals surface area (Å²) in [6, 6.07) is 8.70. The number of hydrogen-bond acceptors (Lipinski definition) is 4. The summed E-state index contributed by atoms with van der Waals surface area (Å²) >= 11 is 0. The number of oxime groups is 1. The minimum absolute atomic E-state index is 0.138. The molecule has 0 amide bonds. The predicted molar refractivity (Wildman–Crippen MR) is 83.9 cm³/mol. The maximum atomic E-state index is 12.5. The van der Waals surface area contributed by atoms with Gasteiger partial charge in [-0.1, -0.05) is 36.3 Å². The largest absolute Gasteiger partial charge is 0.411 e. The van der Waals surface area contributed by atoms with Crippen LogP contribution in [0.5, 0.6) is 0 Å². The van der Waals surface area contributed by atoms with E-state index in [1.807, 2.05) is 0 Å². The van der Waals surface area contributed by atoms with Gasteiger partial charge in [-0.25, -0.2) is 0 Å². The highest BCUT2D eigenvalue weighted by atomic mass is 16.4. The third kappa shape index (κ3) is 1.90. The first-order chi connectivity index (χ1) is 10.7. The van der Waals surface area contributed by atoms with E-state index in [4.69, 9.17) is 0 Å². The molecule has 1 aliphatic carbocycles. The zero-order valence-electron chi connectivity index (χ0n) is 12.7. The predicted octanol–water partition coefficient (Wildman–Crippen LogP) is 3.07. The lowest BCUT2D eigenvalue weighted by molar-refractivity contribution is -0.116. The molecule has 4 rings (SSSR count). The summed E-state index contributed by atoms with van der Waals surface area (Å²) in [5.74, 6) is 0.501. The van der Waals surface area contributed by atoms with E-state index in [0.29, 0.717) is 30.0 Å². The summed E-state index contributed by atoms with van der Waals surface area (Å²) in [5.41, 5.74) is 5.05. The Labute approximate surface area is 130 Å². The Hall–Kier alpha value is -2.10. The Morgan fingerprint density at radius 2 is 2.05 bits per heavy atom. The molecule has 2 aliphatic heterocycles. The van der Waals surface area contributed by atoms with E-state index in [1.165, 1.54) is 11.1 Å². The summed E-state index contributed by atoms with van der Waals surface area (Å²) in [6.45, 7) is 3.07. The van der Waals surface area contributed by atoms with Crippen molar-refractivity contribution < 1.29 is 10.0 Å². The number of carbonyl (C=O) groups is 1. The van der Waals surface area contributed by atoms with Gasteiger partial charge in [0.05, 0.1) is 17.3 Å². The van der Waals surface area contributed by atoms with Crippen LogP contribution in [0.4, 0.5) is 0 Å². The molecule has 3 aliphatic rings. The van der Waals surface area contributed by atoms with Crippen molar-refractivity contribution >= 4 is 11.5 Å². The molecule has 0 aromatic heterocycles. The Bertz CT molecular complexity index is 705. The fourth-order valence-corrected chi connectivity index (χ4v) is 4.24. The minimum Gasteiger partial charge on any atom is -0.411 e. The third-order valence-corrected chi connectivity index (χ3v) is 5.20. The first-order valence-electron chi connectivity index (χ1n) is 8.01. The Morgan fingerprint density at radius 1 is 1.23 bits per heavy atom. The number of fused-ring (bicyclic) bond motifs is 4. The lowest BCUT2D eigenvalue weighted by atomic mass is 9.77. The van der Waals surface area contributed by atoms with E-state index in [9.17, 15) is 10.0 Å². The second kappa shape index (κ2) is 4.97. The molecule has 2 atom stereocenters. The second-order valence-electron chi connectivity index (χ2n) is 6.67. The average molecular weight is 296 g/mol. The number of benzene rings is 1. The van der Waals surface area contributed by atoms with Crippen LogP contribution in [0.3, 0.4) is 0 Å². The molecule has 22 heavy (non-hydrogen) atoms. The van der Waals surface area contributed by atoms with Crippen LogP contribution < -0.4 is 0 Å². The second-order valence-corrected chi connectivity index (χ2v) is 6.67. The zero-order chi connectivity index (χ0) is 15.3. The zero-order valence-corrected chi connectivity index (χ0v) is 12.7. The molecule has 1 aromatic carbocycles. The number of rotatable bonds is 0. The number of ketones is 1. The van der Waals surface area contributed by atoms with Gasteiger partial charge in [0.15, 0.2) is 5.78 Å². The average Bonchev–Trinajstić information content (AvgIpc) is 2.53. The first kappa shape index (κ1) is 13.6. The highest BCUT2D eigenvalue weighted by Crippen LogP contribution is 2.44. The monoisotopic (exact) mass is 296 g/mol. The Balaban J connectivity index is 1.85.